The molecule has 4 heteroatoms. The molecule has 0 heterocycles. The van der Waals surface area contributed by atoms with Crippen molar-refractivity contribution in [2.45, 2.75) is 19.4 Å². The molecule has 0 aromatic heterocycles. The van der Waals surface area contributed by atoms with Crippen LogP contribution in [0.4, 0.5) is 0 Å². The molecule has 0 aromatic carbocycles. The van der Waals surface area contributed by atoms with Crippen LogP contribution in [0.25, 0.3) is 0 Å². The number of hydrogen-bond donors (Lipinski definition) is 2. The monoisotopic (exact) mass is 178 g/mol. The Morgan fingerprint density at radius 3 is 2.42 bits per heavy atom. The predicted molar refractivity (Wildman–Crippen MR) is 45.0 cm³/mol. The van der Waals surface area contributed by atoms with E-state index in [9.17, 15) is 0 Å². The van der Waals surface area contributed by atoms with Crippen molar-refractivity contribution < 1.29 is 19.7 Å². The standard InChI is InChI=1S/C8H18O4/c1-8(2-3-9)12-7-6-11-5-4-10/h8-10H,2-7H2,1H3. The molecular formula is C8H18O4. The number of aliphatic hydroxyl groups excluding tert-OH is 2. The van der Waals surface area contributed by atoms with Gasteiger partial charge in [-0.05, 0) is 13.3 Å². The Labute approximate surface area is 73.1 Å². The fourth-order valence-electron chi connectivity index (χ4n) is 0.740. The van der Waals surface area contributed by atoms with Crippen LogP contribution in [0.15, 0.2) is 0 Å². The lowest BCUT2D eigenvalue weighted by atomic mass is 10.3. The Morgan fingerprint density at radius 1 is 1.08 bits per heavy atom. The highest BCUT2D eigenvalue weighted by molar-refractivity contribution is 4.47. The molecule has 2 N–H and O–H groups in total. The van der Waals surface area contributed by atoms with E-state index in [2.05, 4.69) is 0 Å². The lowest BCUT2D eigenvalue weighted by molar-refractivity contribution is -0.00336. The van der Waals surface area contributed by atoms with Crippen molar-refractivity contribution in [2.75, 3.05) is 33.0 Å². The van der Waals surface area contributed by atoms with Crippen LogP contribution in [0.3, 0.4) is 0 Å². The van der Waals surface area contributed by atoms with E-state index in [-0.39, 0.29) is 19.3 Å². The van der Waals surface area contributed by atoms with Gasteiger partial charge in [-0.15, -0.1) is 0 Å². The van der Waals surface area contributed by atoms with Crippen LogP contribution >= 0.6 is 0 Å². The van der Waals surface area contributed by atoms with E-state index < -0.39 is 0 Å². The molecule has 0 spiro atoms. The third-order valence-electron chi connectivity index (χ3n) is 1.40. The van der Waals surface area contributed by atoms with Gasteiger partial charge < -0.3 is 19.7 Å². The van der Waals surface area contributed by atoms with Crippen LogP contribution in [0, 0.1) is 0 Å². The summed E-state index contributed by atoms with van der Waals surface area (Å²) in [5.41, 5.74) is 0. The third-order valence-corrected chi connectivity index (χ3v) is 1.40. The minimum atomic E-state index is 0.0478. The Hall–Kier alpha value is -0.160. The number of aliphatic hydroxyl groups is 2. The Balaban J connectivity index is 2.97. The molecule has 0 fully saturated rings. The van der Waals surface area contributed by atoms with Crippen molar-refractivity contribution in [1.82, 2.24) is 0 Å². The molecule has 0 saturated heterocycles. The third kappa shape index (κ3) is 7.94. The normalized spacial score (nSPS) is 13.2. The molecule has 0 aliphatic heterocycles. The van der Waals surface area contributed by atoms with Gasteiger partial charge in [-0.25, -0.2) is 0 Å². The second-order valence-corrected chi connectivity index (χ2v) is 2.53. The highest BCUT2D eigenvalue weighted by Crippen LogP contribution is 1.95. The lowest BCUT2D eigenvalue weighted by Crippen LogP contribution is -2.15. The van der Waals surface area contributed by atoms with Crippen LogP contribution in [0.1, 0.15) is 13.3 Å². The van der Waals surface area contributed by atoms with Crippen LogP contribution in [0.5, 0.6) is 0 Å². The fourth-order valence-corrected chi connectivity index (χ4v) is 0.740. The molecule has 0 radical (unpaired) electrons. The van der Waals surface area contributed by atoms with E-state index in [4.69, 9.17) is 19.7 Å². The molecule has 74 valence electrons. The van der Waals surface area contributed by atoms with E-state index >= 15 is 0 Å². The predicted octanol–water partition coefficient (Wildman–Crippen LogP) is -0.217. The molecule has 12 heavy (non-hydrogen) atoms. The Morgan fingerprint density at radius 2 is 1.83 bits per heavy atom. The molecule has 4 nitrogen and oxygen atoms in total. The summed E-state index contributed by atoms with van der Waals surface area (Å²) in [6, 6.07) is 0. The van der Waals surface area contributed by atoms with E-state index in [1.54, 1.807) is 0 Å². The quantitative estimate of drug-likeness (QED) is 0.505. The largest absolute Gasteiger partial charge is 0.396 e. The second-order valence-electron chi connectivity index (χ2n) is 2.53. The summed E-state index contributed by atoms with van der Waals surface area (Å²) in [4.78, 5) is 0. The Kier molecular flexibility index (Phi) is 8.81. The summed E-state index contributed by atoms with van der Waals surface area (Å²) >= 11 is 0. The van der Waals surface area contributed by atoms with E-state index in [1.807, 2.05) is 6.92 Å². The lowest BCUT2D eigenvalue weighted by Gasteiger charge is -2.10. The zero-order chi connectivity index (χ0) is 9.23. The molecule has 0 amide bonds. The highest BCUT2D eigenvalue weighted by Gasteiger charge is 1.99. The van der Waals surface area contributed by atoms with Crippen molar-refractivity contribution >= 4 is 0 Å². The minimum Gasteiger partial charge on any atom is -0.396 e. The van der Waals surface area contributed by atoms with Gasteiger partial charge in [-0.3, -0.25) is 0 Å². The van der Waals surface area contributed by atoms with Gasteiger partial charge in [0.15, 0.2) is 0 Å². The first-order valence-corrected chi connectivity index (χ1v) is 4.22. The highest BCUT2D eigenvalue weighted by atomic mass is 16.5. The summed E-state index contributed by atoms with van der Waals surface area (Å²) < 4.78 is 10.2. The average molecular weight is 178 g/mol. The molecule has 0 bridgehead atoms. The summed E-state index contributed by atoms with van der Waals surface area (Å²) in [7, 11) is 0. The van der Waals surface area contributed by atoms with Crippen LogP contribution in [-0.2, 0) is 9.47 Å². The van der Waals surface area contributed by atoms with Gasteiger partial charge in [-0.2, -0.15) is 0 Å². The van der Waals surface area contributed by atoms with Gasteiger partial charge in [0, 0.05) is 6.61 Å². The number of ether oxygens (including phenoxy) is 2. The van der Waals surface area contributed by atoms with Crippen molar-refractivity contribution in [1.29, 1.82) is 0 Å². The van der Waals surface area contributed by atoms with Crippen molar-refractivity contribution in [2.24, 2.45) is 0 Å². The first-order valence-electron chi connectivity index (χ1n) is 4.22. The summed E-state index contributed by atoms with van der Waals surface area (Å²) in [6.07, 6.45) is 0.729. The molecule has 1 atom stereocenters. The van der Waals surface area contributed by atoms with Crippen LogP contribution < -0.4 is 0 Å². The molecule has 0 aliphatic carbocycles. The van der Waals surface area contributed by atoms with Gasteiger partial charge in [0.1, 0.15) is 0 Å². The maximum Gasteiger partial charge on any atom is 0.0704 e. The Bertz CT molecular complexity index is 87.1. The summed E-state index contributed by atoms with van der Waals surface area (Å²) in [6.45, 7) is 3.47. The van der Waals surface area contributed by atoms with Crippen molar-refractivity contribution in [3.8, 4) is 0 Å². The van der Waals surface area contributed by atoms with Crippen LogP contribution in [0.2, 0.25) is 0 Å². The summed E-state index contributed by atoms with van der Waals surface area (Å²) in [5.74, 6) is 0. The topological polar surface area (TPSA) is 58.9 Å². The van der Waals surface area contributed by atoms with E-state index in [0.29, 0.717) is 26.2 Å². The average Bonchev–Trinajstić information content (AvgIpc) is 2.05. The van der Waals surface area contributed by atoms with Gasteiger partial charge in [0.05, 0.1) is 32.5 Å². The maximum atomic E-state index is 8.53. The van der Waals surface area contributed by atoms with Crippen molar-refractivity contribution in [3.05, 3.63) is 0 Å². The first kappa shape index (κ1) is 11.8. The van der Waals surface area contributed by atoms with Gasteiger partial charge in [-0.1, -0.05) is 0 Å². The molecule has 0 rings (SSSR count). The van der Waals surface area contributed by atoms with Gasteiger partial charge >= 0.3 is 0 Å². The molecule has 1 unspecified atom stereocenters. The van der Waals surface area contributed by atoms with Gasteiger partial charge in [0.25, 0.3) is 0 Å². The van der Waals surface area contributed by atoms with Gasteiger partial charge in [0.2, 0.25) is 0 Å². The smallest absolute Gasteiger partial charge is 0.0704 e. The molecule has 0 aromatic rings. The first-order chi connectivity index (χ1) is 5.81. The zero-order valence-corrected chi connectivity index (χ0v) is 7.53. The van der Waals surface area contributed by atoms with E-state index in [0.717, 1.165) is 0 Å². The molecule has 0 aliphatic rings. The van der Waals surface area contributed by atoms with Crippen molar-refractivity contribution in [3.63, 3.8) is 0 Å². The minimum absolute atomic E-state index is 0.0478. The number of rotatable bonds is 8. The molecule has 0 saturated carbocycles. The van der Waals surface area contributed by atoms with E-state index in [1.165, 1.54) is 0 Å². The SMILES string of the molecule is CC(CCO)OCCOCCO. The fraction of sp³-hybridized carbons (Fsp3) is 1.00. The maximum absolute atomic E-state index is 8.53. The van der Waals surface area contributed by atoms with Crippen LogP contribution in [-0.4, -0.2) is 49.4 Å². The number of hydrogen-bond acceptors (Lipinski definition) is 4. The summed E-state index contributed by atoms with van der Waals surface area (Å²) in [5, 5.41) is 16.9. The second kappa shape index (κ2) is 8.93. The molecular weight excluding hydrogens is 160 g/mol. The zero-order valence-electron chi connectivity index (χ0n) is 7.53.